The van der Waals surface area contributed by atoms with E-state index in [4.69, 9.17) is 15.9 Å². The lowest BCUT2D eigenvalue weighted by Crippen LogP contribution is -2.44. The molecule has 4 nitrogen and oxygen atoms in total. The van der Waals surface area contributed by atoms with Crippen molar-refractivity contribution < 1.29 is 9.13 Å². The van der Waals surface area contributed by atoms with E-state index in [1.54, 1.807) is 19.2 Å². The van der Waals surface area contributed by atoms with Crippen LogP contribution in [0.25, 0.3) is 0 Å². The number of ether oxygens (including phenoxy) is 1. The minimum atomic E-state index is -0.373. The van der Waals surface area contributed by atoms with Crippen LogP contribution in [0.2, 0.25) is 0 Å². The maximum Gasteiger partial charge on any atom is 0.161 e. The van der Waals surface area contributed by atoms with Gasteiger partial charge in [0.1, 0.15) is 5.84 Å². The second kappa shape index (κ2) is 6.10. The van der Waals surface area contributed by atoms with Gasteiger partial charge in [-0.1, -0.05) is 6.92 Å². The van der Waals surface area contributed by atoms with E-state index >= 15 is 0 Å². The molecule has 2 rings (SSSR count). The Morgan fingerprint density at radius 2 is 2.25 bits per heavy atom. The van der Waals surface area contributed by atoms with Crippen LogP contribution < -0.4 is 10.6 Å². The minimum absolute atomic E-state index is 0.106. The second-order valence-corrected chi connectivity index (χ2v) is 5.95. The number of hydrogen-bond acceptors (Lipinski definition) is 3. The Bertz CT molecular complexity index is 523. The fourth-order valence-electron chi connectivity index (χ4n) is 2.55. The molecule has 0 spiro atoms. The quantitative estimate of drug-likeness (QED) is 0.655. The van der Waals surface area contributed by atoms with Gasteiger partial charge in [-0.2, -0.15) is 0 Å². The van der Waals surface area contributed by atoms with Gasteiger partial charge in [-0.3, -0.25) is 5.41 Å². The van der Waals surface area contributed by atoms with Gasteiger partial charge in [0.2, 0.25) is 0 Å². The summed E-state index contributed by atoms with van der Waals surface area (Å²) in [5.74, 6) is -0.0503. The van der Waals surface area contributed by atoms with Crippen molar-refractivity contribution in [1.29, 1.82) is 5.41 Å². The molecule has 0 radical (unpaired) electrons. The monoisotopic (exact) mass is 343 g/mol. The number of rotatable bonds is 3. The third-order valence-corrected chi connectivity index (χ3v) is 4.66. The van der Waals surface area contributed by atoms with Gasteiger partial charge in [-0.05, 0) is 40.4 Å². The fraction of sp³-hybridized carbons (Fsp3) is 0.500. The van der Waals surface area contributed by atoms with Crippen molar-refractivity contribution in [3.63, 3.8) is 0 Å². The number of piperidine rings is 1. The molecule has 2 atom stereocenters. The maximum absolute atomic E-state index is 14.5. The molecular weight excluding hydrogens is 325 g/mol. The van der Waals surface area contributed by atoms with Gasteiger partial charge in [0, 0.05) is 25.8 Å². The van der Waals surface area contributed by atoms with E-state index < -0.39 is 0 Å². The molecule has 3 N–H and O–H groups in total. The summed E-state index contributed by atoms with van der Waals surface area (Å²) >= 11 is 3.19. The van der Waals surface area contributed by atoms with Crippen LogP contribution in [-0.2, 0) is 4.74 Å². The van der Waals surface area contributed by atoms with E-state index in [1.807, 2.05) is 4.90 Å². The van der Waals surface area contributed by atoms with Gasteiger partial charge >= 0.3 is 0 Å². The van der Waals surface area contributed by atoms with Gasteiger partial charge < -0.3 is 15.4 Å². The highest BCUT2D eigenvalue weighted by molar-refractivity contribution is 9.10. The average Bonchev–Trinajstić information content (AvgIpc) is 2.42. The highest BCUT2D eigenvalue weighted by atomic mass is 79.9. The number of amidine groups is 1. The molecule has 1 aliphatic heterocycles. The van der Waals surface area contributed by atoms with Gasteiger partial charge in [-0.25, -0.2) is 4.39 Å². The van der Waals surface area contributed by atoms with Crippen molar-refractivity contribution in [2.75, 3.05) is 25.1 Å². The summed E-state index contributed by atoms with van der Waals surface area (Å²) in [5, 5.41) is 7.42. The lowest BCUT2D eigenvalue weighted by molar-refractivity contribution is 0.0497. The van der Waals surface area contributed by atoms with Crippen molar-refractivity contribution >= 4 is 27.5 Å². The number of methoxy groups -OCH3 is 1. The van der Waals surface area contributed by atoms with Crippen LogP contribution in [0.5, 0.6) is 0 Å². The minimum Gasteiger partial charge on any atom is -0.384 e. The third-order valence-electron chi connectivity index (χ3n) is 3.88. The zero-order valence-electron chi connectivity index (χ0n) is 11.6. The van der Waals surface area contributed by atoms with Crippen molar-refractivity contribution in [3.8, 4) is 0 Å². The van der Waals surface area contributed by atoms with E-state index in [0.29, 0.717) is 23.7 Å². The van der Waals surface area contributed by atoms with Crippen LogP contribution in [0.3, 0.4) is 0 Å². The number of nitrogen functional groups attached to an aromatic ring is 1. The first-order valence-corrected chi connectivity index (χ1v) is 7.35. The highest BCUT2D eigenvalue weighted by Crippen LogP contribution is 2.32. The largest absolute Gasteiger partial charge is 0.384 e. The van der Waals surface area contributed by atoms with Crippen LogP contribution in [0.4, 0.5) is 10.1 Å². The van der Waals surface area contributed by atoms with Gasteiger partial charge in [-0.15, -0.1) is 0 Å². The zero-order valence-corrected chi connectivity index (χ0v) is 13.2. The molecule has 6 heteroatoms. The van der Waals surface area contributed by atoms with E-state index in [9.17, 15) is 4.39 Å². The molecule has 0 aliphatic carbocycles. The summed E-state index contributed by atoms with van der Waals surface area (Å²) in [7, 11) is 1.69. The number of nitrogens with one attached hydrogen (secondary N) is 1. The Hall–Kier alpha value is -1.14. The lowest BCUT2D eigenvalue weighted by atomic mass is 9.95. The molecule has 0 bridgehead atoms. The zero-order chi connectivity index (χ0) is 14.9. The molecule has 110 valence electrons. The normalized spacial score (nSPS) is 22.9. The first-order chi connectivity index (χ1) is 9.45. The Morgan fingerprint density at radius 1 is 1.55 bits per heavy atom. The molecule has 0 saturated carbocycles. The number of hydrogen-bond donors (Lipinski definition) is 2. The molecule has 20 heavy (non-hydrogen) atoms. The van der Waals surface area contributed by atoms with Gasteiger partial charge in [0.15, 0.2) is 5.82 Å². The Kier molecular flexibility index (Phi) is 4.65. The first kappa shape index (κ1) is 15.3. The van der Waals surface area contributed by atoms with Crippen LogP contribution >= 0.6 is 15.9 Å². The van der Waals surface area contributed by atoms with Crippen molar-refractivity contribution in [1.82, 2.24) is 0 Å². The van der Waals surface area contributed by atoms with Crippen molar-refractivity contribution in [3.05, 3.63) is 28.0 Å². The third kappa shape index (κ3) is 2.81. The summed E-state index contributed by atoms with van der Waals surface area (Å²) in [5.41, 5.74) is 6.33. The Balaban J connectivity index is 2.30. The van der Waals surface area contributed by atoms with Crippen molar-refractivity contribution in [2.45, 2.75) is 19.4 Å². The second-order valence-electron chi connectivity index (χ2n) is 5.16. The lowest BCUT2D eigenvalue weighted by Gasteiger charge is -2.37. The fourth-order valence-corrected chi connectivity index (χ4v) is 3.10. The van der Waals surface area contributed by atoms with E-state index in [1.165, 1.54) is 0 Å². The topological polar surface area (TPSA) is 62.3 Å². The molecular formula is C14H19BrFN3O. The van der Waals surface area contributed by atoms with E-state index in [-0.39, 0.29) is 22.2 Å². The molecule has 2 unspecified atom stereocenters. The van der Waals surface area contributed by atoms with E-state index in [0.717, 1.165) is 13.0 Å². The first-order valence-electron chi connectivity index (χ1n) is 6.55. The molecule has 0 amide bonds. The number of halogens is 2. The predicted molar refractivity (Wildman–Crippen MR) is 81.9 cm³/mol. The Morgan fingerprint density at radius 3 is 2.85 bits per heavy atom. The molecule has 1 aromatic rings. The van der Waals surface area contributed by atoms with Crippen LogP contribution in [-0.4, -0.2) is 32.1 Å². The number of benzene rings is 1. The summed E-state index contributed by atoms with van der Waals surface area (Å²) in [6.45, 7) is 3.61. The van der Waals surface area contributed by atoms with Crippen molar-refractivity contribution in [2.24, 2.45) is 11.7 Å². The molecule has 1 fully saturated rings. The number of anilines is 1. The maximum atomic E-state index is 14.5. The SMILES string of the molecule is COC1CN(c2ccc(C(=N)N)c(Br)c2F)CCC1C. The average molecular weight is 344 g/mol. The standard InChI is InChI=1S/C14H19BrFN3O/c1-8-5-6-19(7-11(8)20-2)10-4-3-9(14(17)18)12(15)13(10)16/h3-4,8,11H,5-7H2,1-2H3,(H3,17,18). The van der Waals surface area contributed by atoms with Crippen LogP contribution in [0, 0.1) is 17.1 Å². The molecule has 0 aromatic heterocycles. The Labute approximate surface area is 126 Å². The summed E-state index contributed by atoms with van der Waals surface area (Å²) in [6.07, 6.45) is 1.07. The number of nitrogens with two attached hydrogens (primary N) is 1. The van der Waals surface area contributed by atoms with Gasteiger partial charge in [0.25, 0.3) is 0 Å². The molecule has 1 aliphatic rings. The van der Waals surface area contributed by atoms with E-state index in [2.05, 4.69) is 22.9 Å². The summed E-state index contributed by atoms with van der Waals surface area (Å²) in [6, 6.07) is 3.35. The molecule has 1 saturated heterocycles. The van der Waals surface area contributed by atoms with Gasteiger partial charge in [0.05, 0.1) is 16.3 Å². The van der Waals surface area contributed by atoms with Crippen LogP contribution in [0.15, 0.2) is 16.6 Å². The molecule has 1 heterocycles. The highest BCUT2D eigenvalue weighted by Gasteiger charge is 2.28. The summed E-state index contributed by atoms with van der Waals surface area (Å²) in [4.78, 5) is 1.98. The predicted octanol–water partition coefficient (Wildman–Crippen LogP) is 2.73. The summed E-state index contributed by atoms with van der Waals surface area (Å²) < 4.78 is 20.2. The molecule has 1 aromatic carbocycles. The number of nitrogens with zero attached hydrogens (tertiary/aromatic N) is 1. The smallest absolute Gasteiger partial charge is 0.161 e. The van der Waals surface area contributed by atoms with Crippen LogP contribution in [0.1, 0.15) is 18.9 Å².